The van der Waals surface area contributed by atoms with Crippen molar-refractivity contribution < 1.29 is 13.5 Å². The molecule has 0 aromatic carbocycles. The molecule has 0 atom stereocenters. The van der Waals surface area contributed by atoms with Gasteiger partial charge in [-0.1, -0.05) is 13.3 Å². The van der Waals surface area contributed by atoms with Gasteiger partial charge in [-0.05, 0) is 24.1 Å². The first-order chi connectivity index (χ1) is 9.04. The lowest BCUT2D eigenvalue weighted by atomic mass is 10.1. The van der Waals surface area contributed by atoms with Crippen LogP contribution in [0.25, 0.3) is 0 Å². The molecule has 5 nitrogen and oxygen atoms in total. The molecule has 0 amide bonds. The lowest BCUT2D eigenvalue weighted by Gasteiger charge is -2.28. The molecule has 0 bridgehead atoms. The smallest absolute Gasteiger partial charge is 0.153 e. The molecule has 1 aromatic rings. The lowest BCUT2D eigenvalue weighted by Crippen LogP contribution is -2.40. The number of nitrogens with zero attached hydrogens (tertiary/aromatic N) is 2. The van der Waals surface area contributed by atoms with Crippen molar-refractivity contribution in [3.05, 3.63) is 23.4 Å². The van der Waals surface area contributed by atoms with Gasteiger partial charge in [0.15, 0.2) is 9.84 Å². The van der Waals surface area contributed by atoms with E-state index in [-0.39, 0.29) is 18.1 Å². The van der Waals surface area contributed by atoms with Crippen LogP contribution in [-0.4, -0.2) is 43.1 Å². The SMILES string of the molecule is CCCc1cc(CO)cc(N2CCS(=O)(=O)CC2)n1. The molecule has 106 valence electrons. The van der Waals surface area contributed by atoms with Gasteiger partial charge >= 0.3 is 0 Å². The predicted octanol–water partition coefficient (Wildman–Crippen LogP) is 0.761. The van der Waals surface area contributed by atoms with E-state index in [2.05, 4.69) is 11.9 Å². The van der Waals surface area contributed by atoms with Gasteiger partial charge in [-0.25, -0.2) is 13.4 Å². The molecule has 6 heteroatoms. The Bertz CT molecular complexity index is 529. The number of aromatic nitrogens is 1. The summed E-state index contributed by atoms with van der Waals surface area (Å²) in [5.41, 5.74) is 1.79. The highest BCUT2D eigenvalue weighted by molar-refractivity contribution is 7.91. The highest BCUT2D eigenvalue weighted by Gasteiger charge is 2.22. The molecule has 0 unspecified atom stereocenters. The zero-order chi connectivity index (χ0) is 13.9. The topological polar surface area (TPSA) is 70.5 Å². The highest BCUT2D eigenvalue weighted by Crippen LogP contribution is 2.18. The van der Waals surface area contributed by atoms with E-state index < -0.39 is 9.84 Å². The minimum atomic E-state index is -2.88. The fraction of sp³-hybridized carbons (Fsp3) is 0.615. The minimum Gasteiger partial charge on any atom is -0.392 e. The van der Waals surface area contributed by atoms with Crippen LogP contribution < -0.4 is 4.90 Å². The van der Waals surface area contributed by atoms with Crippen LogP contribution in [0.15, 0.2) is 12.1 Å². The molecule has 1 aromatic heterocycles. The average molecular weight is 284 g/mol. The number of aryl methyl sites for hydroxylation is 1. The van der Waals surface area contributed by atoms with Crippen molar-refractivity contribution in [1.82, 2.24) is 4.98 Å². The Labute approximate surface area is 114 Å². The first kappa shape index (κ1) is 14.3. The third kappa shape index (κ3) is 3.67. The summed E-state index contributed by atoms with van der Waals surface area (Å²) < 4.78 is 22.9. The third-order valence-corrected chi connectivity index (χ3v) is 4.89. The maximum Gasteiger partial charge on any atom is 0.153 e. The largest absolute Gasteiger partial charge is 0.392 e. The molecule has 19 heavy (non-hydrogen) atoms. The summed E-state index contributed by atoms with van der Waals surface area (Å²) in [5.74, 6) is 1.15. The molecule has 2 heterocycles. The molecular formula is C13H20N2O3S. The van der Waals surface area contributed by atoms with Crippen LogP contribution in [0.2, 0.25) is 0 Å². The molecule has 1 fully saturated rings. The number of aliphatic hydroxyl groups is 1. The second kappa shape index (κ2) is 5.88. The van der Waals surface area contributed by atoms with Crippen molar-refractivity contribution >= 4 is 15.7 Å². The van der Waals surface area contributed by atoms with Crippen LogP contribution >= 0.6 is 0 Å². The van der Waals surface area contributed by atoms with Gasteiger partial charge in [0.1, 0.15) is 5.82 Å². The van der Waals surface area contributed by atoms with E-state index in [0.29, 0.717) is 13.1 Å². The quantitative estimate of drug-likeness (QED) is 0.884. The van der Waals surface area contributed by atoms with E-state index in [1.807, 2.05) is 17.0 Å². The maximum atomic E-state index is 11.4. The Balaban J connectivity index is 2.21. The number of sulfone groups is 1. The first-order valence-electron chi connectivity index (χ1n) is 6.60. The van der Waals surface area contributed by atoms with E-state index in [1.165, 1.54) is 0 Å². The first-order valence-corrected chi connectivity index (χ1v) is 8.42. The Morgan fingerprint density at radius 3 is 2.58 bits per heavy atom. The van der Waals surface area contributed by atoms with Crippen molar-refractivity contribution in [2.45, 2.75) is 26.4 Å². The summed E-state index contributed by atoms with van der Waals surface area (Å²) >= 11 is 0. The zero-order valence-electron chi connectivity index (χ0n) is 11.2. The average Bonchev–Trinajstić information content (AvgIpc) is 2.38. The van der Waals surface area contributed by atoms with E-state index in [9.17, 15) is 13.5 Å². The summed E-state index contributed by atoms with van der Waals surface area (Å²) in [4.78, 5) is 6.55. The zero-order valence-corrected chi connectivity index (χ0v) is 12.0. The van der Waals surface area contributed by atoms with Crippen LogP contribution in [0, 0.1) is 0 Å². The van der Waals surface area contributed by atoms with Crippen LogP contribution in [0.4, 0.5) is 5.82 Å². The van der Waals surface area contributed by atoms with E-state index in [0.717, 1.165) is 29.9 Å². The standard InChI is InChI=1S/C13H20N2O3S/c1-2-3-12-8-11(10-16)9-13(14-12)15-4-6-19(17,18)7-5-15/h8-9,16H,2-7,10H2,1H3. The Morgan fingerprint density at radius 1 is 1.32 bits per heavy atom. The summed E-state index contributed by atoms with van der Waals surface area (Å²) in [6.07, 6.45) is 1.86. The summed E-state index contributed by atoms with van der Waals surface area (Å²) in [5, 5.41) is 9.29. The van der Waals surface area contributed by atoms with E-state index >= 15 is 0 Å². The van der Waals surface area contributed by atoms with Crippen molar-refractivity contribution in [3.63, 3.8) is 0 Å². The molecule has 0 saturated carbocycles. The predicted molar refractivity (Wildman–Crippen MR) is 75.0 cm³/mol. The molecule has 2 rings (SSSR count). The summed E-state index contributed by atoms with van der Waals surface area (Å²) in [6.45, 7) is 3.03. The van der Waals surface area contributed by atoms with Crippen LogP contribution in [0.3, 0.4) is 0 Å². The monoisotopic (exact) mass is 284 g/mol. The van der Waals surface area contributed by atoms with Crippen molar-refractivity contribution in [2.24, 2.45) is 0 Å². The fourth-order valence-electron chi connectivity index (χ4n) is 2.21. The molecule has 1 aliphatic rings. The number of pyridine rings is 1. The minimum absolute atomic E-state index is 0.0155. The van der Waals surface area contributed by atoms with Crippen LogP contribution in [-0.2, 0) is 22.9 Å². The third-order valence-electron chi connectivity index (χ3n) is 3.28. The van der Waals surface area contributed by atoms with Gasteiger partial charge in [0, 0.05) is 18.8 Å². The second-order valence-electron chi connectivity index (χ2n) is 4.87. The van der Waals surface area contributed by atoms with Gasteiger partial charge in [-0.2, -0.15) is 0 Å². The molecule has 0 aliphatic carbocycles. The van der Waals surface area contributed by atoms with Gasteiger partial charge in [0.05, 0.1) is 18.1 Å². The molecular weight excluding hydrogens is 264 g/mol. The number of anilines is 1. The van der Waals surface area contributed by atoms with Crippen molar-refractivity contribution in [1.29, 1.82) is 0 Å². The van der Waals surface area contributed by atoms with Gasteiger partial charge in [0.25, 0.3) is 0 Å². The molecule has 1 saturated heterocycles. The number of hydrogen-bond donors (Lipinski definition) is 1. The summed E-state index contributed by atoms with van der Waals surface area (Å²) in [7, 11) is -2.88. The van der Waals surface area contributed by atoms with Crippen LogP contribution in [0.1, 0.15) is 24.6 Å². The molecule has 0 radical (unpaired) electrons. The number of aliphatic hydroxyl groups excluding tert-OH is 1. The second-order valence-corrected chi connectivity index (χ2v) is 7.18. The van der Waals surface area contributed by atoms with Crippen LogP contribution in [0.5, 0.6) is 0 Å². The summed E-state index contributed by atoms with van der Waals surface area (Å²) in [6, 6.07) is 3.75. The molecule has 1 N–H and O–H groups in total. The normalized spacial score (nSPS) is 18.5. The van der Waals surface area contributed by atoms with Gasteiger partial charge in [0.2, 0.25) is 0 Å². The van der Waals surface area contributed by atoms with Crippen molar-refractivity contribution in [3.8, 4) is 0 Å². The molecule has 1 aliphatic heterocycles. The number of rotatable bonds is 4. The Kier molecular flexibility index (Phi) is 4.42. The van der Waals surface area contributed by atoms with Gasteiger partial charge in [-0.3, -0.25) is 0 Å². The van der Waals surface area contributed by atoms with E-state index in [4.69, 9.17) is 0 Å². The molecule has 0 spiro atoms. The lowest BCUT2D eigenvalue weighted by molar-refractivity contribution is 0.281. The van der Waals surface area contributed by atoms with Gasteiger partial charge < -0.3 is 10.0 Å². The Hall–Kier alpha value is -1.14. The highest BCUT2D eigenvalue weighted by atomic mass is 32.2. The van der Waals surface area contributed by atoms with E-state index in [1.54, 1.807) is 0 Å². The van der Waals surface area contributed by atoms with Crippen molar-refractivity contribution in [2.75, 3.05) is 29.5 Å². The number of hydrogen-bond acceptors (Lipinski definition) is 5. The maximum absolute atomic E-state index is 11.4. The Morgan fingerprint density at radius 2 is 2.00 bits per heavy atom. The fourth-order valence-corrected chi connectivity index (χ4v) is 3.41. The van der Waals surface area contributed by atoms with Gasteiger partial charge in [-0.15, -0.1) is 0 Å².